The predicted octanol–water partition coefficient (Wildman–Crippen LogP) is 7.53. The Balaban J connectivity index is 1.37. The minimum atomic E-state index is -0.131. The highest BCUT2D eigenvalue weighted by atomic mass is 32.1. The number of ether oxygens (including phenoxy) is 2. The van der Waals surface area contributed by atoms with Gasteiger partial charge in [-0.1, -0.05) is 6.07 Å². The Hall–Kier alpha value is -4.82. The van der Waals surface area contributed by atoms with Crippen molar-refractivity contribution < 1.29 is 9.47 Å². The Kier molecular flexibility index (Phi) is 7.78. The van der Waals surface area contributed by atoms with Crippen LogP contribution in [0.5, 0.6) is 17.2 Å². The highest BCUT2D eigenvalue weighted by molar-refractivity contribution is 7.80. The molecule has 2 atom stereocenters. The highest BCUT2D eigenvalue weighted by Crippen LogP contribution is 2.44. The number of anilines is 2. The molecule has 0 bridgehead atoms. The number of aryl methyl sites for hydroxylation is 1. The highest BCUT2D eigenvalue weighted by Gasteiger charge is 2.42. The third-order valence-corrected chi connectivity index (χ3v) is 8.24. The molecule has 7 nitrogen and oxygen atoms in total. The first-order valence-electron chi connectivity index (χ1n) is 14.2. The Morgan fingerprint density at radius 1 is 0.814 bits per heavy atom. The van der Waals surface area contributed by atoms with Crippen LogP contribution in [0.3, 0.4) is 0 Å². The summed E-state index contributed by atoms with van der Waals surface area (Å²) in [6.07, 6.45) is 1.83. The Morgan fingerprint density at radius 3 is 2.05 bits per heavy atom. The SMILES string of the molecule is COc1ccc(Oc2ccc(N3C(=S)NC(c4ccccn4)C3c3cc(C)n(-c4ccc(N(C)C)cc4)c3C)cc2)cc1. The molecule has 3 aromatic carbocycles. The number of aromatic nitrogens is 2. The number of rotatable bonds is 8. The second-order valence-corrected chi connectivity index (χ2v) is 11.2. The van der Waals surface area contributed by atoms with Gasteiger partial charge in [0.2, 0.25) is 0 Å². The molecule has 2 unspecified atom stereocenters. The minimum Gasteiger partial charge on any atom is -0.497 e. The Morgan fingerprint density at radius 2 is 1.44 bits per heavy atom. The van der Waals surface area contributed by atoms with E-state index < -0.39 is 0 Å². The largest absolute Gasteiger partial charge is 0.497 e. The number of pyridine rings is 1. The zero-order chi connectivity index (χ0) is 30.1. The van der Waals surface area contributed by atoms with E-state index in [-0.39, 0.29) is 12.1 Å². The Labute approximate surface area is 258 Å². The van der Waals surface area contributed by atoms with Crippen LogP contribution in [0.25, 0.3) is 5.69 Å². The van der Waals surface area contributed by atoms with Gasteiger partial charge in [0.05, 0.1) is 24.9 Å². The molecule has 43 heavy (non-hydrogen) atoms. The van der Waals surface area contributed by atoms with Crippen LogP contribution in [0.1, 0.15) is 34.7 Å². The monoisotopic (exact) mass is 589 g/mol. The van der Waals surface area contributed by atoms with Crippen molar-refractivity contribution >= 4 is 28.7 Å². The van der Waals surface area contributed by atoms with Crippen LogP contribution < -0.4 is 24.6 Å². The van der Waals surface area contributed by atoms with Gasteiger partial charge in [0.15, 0.2) is 5.11 Å². The third-order valence-electron chi connectivity index (χ3n) is 7.92. The molecular formula is C35H35N5O2S. The van der Waals surface area contributed by atoms with Crippen LogP contribution in [-0.4, -0.2) is 35.9 Å². The molecule has 0 spiro atoms. The summed E-state index contributed by atoms with van der Waals surface area (Å²) in [5.74, 6) is 2.27. The van der Waals surface area contributed by atoms with E-state index in [1.54, 1.807) is 7.11 Å². The molecule has 1 saturated heterocycles. The second kappa shape index (κ2) is 11.8. The summed E-state index contributed by atoms with van der Waals surface area (Å²) >= 11 is 5.99. The van der Waals surface area contributed by atoms with E-state index in [4.69, 9.17) is 26.7 Å². The zero-order valence-corrected chi connectivity index (χ0v) is 25.8. The average Bonchev–Trinajstić information content (AvgIpc) is 3.52. The summed E-state index contributed by atoms with van der Waals surface area (Å²) in [6.45, 7) is 4.34. The molecule has 5 aromatic rings. The summed E-state index contributed by atoms with van der Waals surface area (Å²) in [6, 6.07) is 32.3. The third kappa shape index (κ3) is 5.53. The molecule has 0 amide bonds. The molecule has 1 N–H and O–H groups in total. The molecule has 1 aliphatic rings. The minimum absolute atomic E-state index is 0.114. The van der Waals surface area contributed by atoms with Crippen LogP contribution in [-0.2, 0) is 0 Å². The van der Waals surface area contributed by atoms with Crippen molar-refractivity contribution in [2.45, 2.75) is 25.9 Å². The van der Waals surface area contributed by atoms with E-state index in [1.807, 2.05) is 54.7 Å². The van der Waals surface area contributed by atoms with Gasteiger partial charge in [-0.25, -0.2) is 0 Å². The predicted molar refractivity (Wildman–Crippen MR) is 177 cm³/mol. The van der Waals surface area contributed by atoms with Crippen LogP contribution >= 0.6 is 12.2 Å². The van der Waals surface area contributed by atoms with Crippen molar-refractivity contribution in [3.63, 3.8) is 0 Å². The van der Waals surface area contributed by atoms with Gasteiger partial charge in [-0.3, -0.25) is 4.98 Å². The lowest BCUT2D eigenvalue weighted by Crippen LogP contribution is -2.29. The molecular weight excluding hydrogens is 554 g/mol. The van der Waals surface area contributed by atoms with Gasteiger partial charge >= 0.3 is 0 Å². The molecule has 2 aromatic heterocycles. The van der Waals surface area contributed by atoms with E-state index in [9.17, 15) is 0 Å². The molecule has 0 radical (unpaired) electrons. The summed E-state index contributed by atoms with van der Waals surface area (Å²) in [5.41, 5.74) is 7.72. The quantitative estimate of drug-likeness (QED) is 0.188. The number of methoxy groups -OCH3 is 1. The van der Waals surface area contributed by atoms with Crippen LogP contribution in [0.15, 0.2) is 103 Å². The first kappa shape index (κ1) is 28.3. The normalized spacial score (nSPS) is 16.2. The van der Waals surface area contributed by atoms with Crippen LogP contribution in [0, 0.1) is 13.8 Å². The lowest BCUT2D eigenvalue weighted by molar-refractivity contribution is 0.413. The van der Waals surface area contributed by atoms with Gasteiger partial charge in [0.1, 0.15) is 17.2 Å². The topological polar surface area (TPSA) is 54.8 Å². The molecule has 0 saturated carbocycles. The summed E-state index contributed by atoms with van der Waals surface area (Å²) in [7, 11) is 5.76. The van der Waals surface area contributed by atoms with Gasteiger partial charge < -0.3 is 29.2 Å². The van der Waals surface area contributed by atoms with Crippen molar-refractivity contribution in [3.8, 4) is 22.9 Å². The van der Waals surface area contributed by atoms with Gasteiger partial charge in [0, 0.05) is 48.7 Å². The fourth-order valence-electron chi connectivity index (χ4n) is 5.79. The van der Waals surface area contributed by atoms with E-state index in [0.29, 0.717) is 5.11 Å². The molecule has 6 rings (SSSR count). The van der Waals surface area contributed by atoms with E-state index in [0.717, 1.165) is 51.4 Å². The van der Waals surface area contributed by atoms with Crippen molar-refractivity contribution in [3.05, 3.63) is 126 Å². The van der Waals surface area contributed by atoms with Crippen LogP contribution in [0.2, 0.25) is 0 Å². The average molecular weight is 590 g/mol. The number of hydrogen-bond acceptors (Lipinski definition) is 5. The maximum absolute atomic E-state index is 6.10. The van der Waals surface area contributed by atoms with Crippen LogP contribution in [0.4, 0.5) is 11.4 Å². The van der Waals surface area contributed by atoms with Gasteiger partial charge in [-0.2, -0.15) is 0 Å². The van der Waals surface area contributed by atoms with Gasteiger partial charge in [-0.15, -0.1) is 0 Å². The van der Waals surface area contributed by atoms with E-state index in [2.05, 4.69) is 96.2 Å². The molecule has 3 heterocycles. The number of benzene rings is 3. The van der Waals surface area contributed by atoms with Crippen molar-refractivity contribution in [1.29, 1.82) is 0 Å². The number of nitrogens with zero attached hydrogens (tertiary/aromatic N) is 4. The van der Waals surface area contributed by atoms with E-state index in [1.165, 1.54) is 5.56 Å². The molecule has 8 heteroatoms. The summed E-state index contributed by atoms with van der Waals surface area (Å²) < 4.78 is 13.7. The summed E-state index contributed by atoms with van der Waals surface area (Å²) in [5, 5.41) is 4.24. The fraction of sp³-hybridized carbons (Fsp3) is 0.200. The molecule has 1 fully saturated rings. The first-order chi connectivity index (χ1) is 20.8. The fourth-order valence-corrected chi connectivity index (χ4v) is 6.13. The number of nitrogens with one attached hydrogen (secondary N) is 1. The van der Waals surface area contributed by atoms with Crippen molar-refractivity contribution in [1.82, 2.24) is 14.9 Å². The van der Waals surface area contributed by atoms with E-state index >= 15 is 0 Å². The maximum atomic E-state index is 6.10. The molecule has 0 aliphatic carbocycles. The smallest absolute Gasteiger partial charge is 0.174 e. The molecule has 218 valence electrons. The van der Waals surface area contributed by atoms with Crippen molar-refractivity contribution in [2.24, 2.45) is 0 Å². The lowest BCUT2D eigenvalue weighted by atomic mass is 9.96. The van der Waals surface area contributed by atoms with Gasteiger partial charge in [0.25, 0.3) is 0 Å². The maximum Gasteiger partial charge on any atom is 0.174 e. The number of hydrogen-bond donors (Lipinski definition) is 1. The lowest BCUT2D eigenvalue weighted by Gasteiger charge is -2.28. The standard InChI is InChI=1S/C35H35N5O2S/c1-23-22-31(24(2)39(23)26-11-9-25(10-12-26)38(3)4)34-33(32-8-6-7-21-36-32)37-35(43)40(34)27-13-15-29(16-14-27)42-30-19-17-28(41-5)18-20-30/h6-22,33-34H,1-5H3,(H,37,43). The van der Waals surface area contributed by atoms with Crippen molar-refractivity contribution in [2.75, 3.05) is 31.0 Å². The summed E-state index contributed by atoms with van der Waals surface area (Å²) in [4.78, 5) is 9.04. The van der Waals surface area contributed by atoms with Gasteiger partial charge in [-0.05, 0) is 123 Å². The second-order valence-electron chi connectivity index (χ2n) is 10.8. The number of thiocarbonyl (C=S) groups is 1. The first-order valence-corrected chi connectivity index (χ1v) is 14.6. The molecule has 1 aliphatic heterocycles. The Bertz CT molecular complexity index is 1720. The zero-order valence-electron chi connectivity index (χ0n) is 25.0.